The highest BCUT2D eigenvalue weighted by atomic mass is 32.1. The monoisotopic (exact) mass is 496 g/mol. The standard InChI is InChI=1S/C27H36N4O3S/c1-3-19(4-2)24(31-11-13-34-14-12-31)18-29-26(32)23(30-27(33)25-10-7-15-35-25)16-20-17-28-22-9-6-5-8-21(20)22/h5-10,15,17,19,23-24,28H,3-4,11-14,16,18H2,1-2H3,(H,29,32)(H,30,33)/t23-,24-/m1/s1. The Labute approximate surface area is 211 Å². The van der Waals surface area contributed by atoms with Crippen LogP contribution in [0, 0.1) is 5.92 Å². The summed E-state index contributed by atoms with van der Waals surface area (Å²) in [6, 6.07) is 11.2. The van der Waals surface area contributed by atoms with Gasteiger partial charge in [-0.1, -0.05) is 51.0 Å². The first-order valence-corrected chi connectivity index (χ1v) is 13.5. The number of morpholine rings is 1. The van der Waals surface area contributed by atoms with Crippen LogP contribution in [0.1, 0.15) is 41.9 Å². The van der Waals surface area contributed by atoms with Crippen molar-refractivity contribution in [3.05, 3.63) is 58.4 Å². The van der Waals surface area contributed by atoms with Crippen molar-refractivity contribution >= 4 is 34.1 Å². The lowest BCUT2D eigenvalue weighted by atomic mass is 9.92. The summed E-state index contributed by atoms with van der Waals surface area (Å²) in [7, 11) is 0. The van der Waals surface area contributed by atoms with Gasteiger partial charge < -0.3 is 20.4 Å². The highest BCUT2D eigenvalue weighted by molar-refractivity contribution is 7.12. The van der Waals surface area contributed by atoms with Gasteiger partial charge in [0.15, 0.2) is 0 Å². The van der Waals surface area contributed by atoms with Crippen LogP contribution in [0.4, 0.5) is 0 Å². The molecule has 0 spiro atoms. The van der Waals surface area contributed by atoms with Gasteiger partial charge in [0.05, 0.1) is 18.1 Å². The van der Waals surface area contributed by atoms with Gasteiger partial charge in [0.2, 0.25) is 5.91 Å². The molecule has 1 aliphatic rings. The minimum absolute atomic E-state index is 0.149. The van der Waals surface area contributed by atoms with Crippen LogP contribution in [-0.4, -0.2) is 66.6 Å². The molecule has 3 aromatic rings. The number of ether oxygens (including phenoxy) is 1. The lowest BCUT2D eigenvalue weighted by Crippen LogP contribution is -2.55. The number of aromatic amines is 1. The summed E-state index contributed by atoms with van der Waals surface area (Å²) in [6.07, 6.45) is 4.47. The van der Waals surface area contributed by atoms with Crippen LogP contribution >= 0.6 is 11.3 Å². The Morgan fingerprint density at radius 3 is 2.60 bits per heavy atom. The summed E-state index contributed by atoms with van der Waals surface area (Å²) in [6.45, 7) is 8.20. The maximum absolute atomic E-state index is 13.5. The number of nitrogens with one attached hydrogen (secondary N) is 3. The van der Waals surface area contributed by atoms with E-state index in [1.807, 2.05) is 41.9 Å². The average Bonchev–Trinajstić information content (AvgIpc) is 3.57. The number of fused-ring (bicyclic) bond motifs is 1. The molecule has 35 heavy (non-hydrogen) atoms. The molecule has 4 rings (SSSR count). The fourth-order valence-electron chi connectivity index (χ4n) is 5.03. The van der Waals surface area contributed by atoms with Crippen molar-refractivity contribution in [2.24, 2.45) is 5.92 Å². The van der Waals surface area contributed by atoms with Crippen molar-refractivity contribution in [1.82, 2.24) is 20.5 Å². The van der Waals surface area contributed by atoms with Gasteiger partial charge in [-0.15, -0.1) is 11.3 Å². The second kappa shape index (κ2) is 12.3. The van der Waals surface area contributed by atoms with E-state index in [0.717, 1.165) is 55.6 Å². The van der Waals surface area contributed by atoms with Crippen LogP contribution in [0.3, 0.4) is 0 Å². The summed E-state index contributed by atoms with van der Waals surface area (Å²) in [4.78, 5) is 32.7. The number of H-pyrrole nitrogens is 1. The molecule has 0 bridgehead atoms. The quantitative estimate of drug-likeness (QED) is 0.377. The van der Waals surface area contributed by atoms with Crippen LogP contribution in [0.2, 0.25) is 0 Å². The van der Waals surface area contributed by atoms with Crippen molar-refractivity contribution in [3.8, 4) is 0 Å². The average molecular weight is 497 g/mol. The van der Waals surface area contributed by atoms with Gasteiger partial charge >= 0.3 is 0 Å². The normalized spacial score (nSPS) is 16.3. The Morgan fingerprint density at radius 2 is 1.89 bits per heavy atom. The van der Waals surface area contributed by atoms with Crippen molar-refractivity contribution in [3.63, 3.8) is 0 Å². The molecule has 2 amide bonds. The first-order valence-electron chi connectivity index (χ1n) is 12.6. The summed E-state index contributed by atoms with van der Waals surface area (Å²) in [5, 5.41) is 9.13. The molecule has 2 aromatic heterocycles. The van der Waals surface area contributed by atoms with E-state index in [4.69, 9.17) is 4.74 Å². The number of amides is 2. The molecule has 0 radical (unpaired) electrons. The Balaban J connectivity index is 1.50. The number of nitrogens with zero attached hydrogens (tertiary/aromatic N) is 1. The molecule has 7 nitrogen and oxygen atoms in total. The molecule has 2 atom stereocenters. The number of para-hydroxylation sites is 1. The van der Waals surface area contributed by atoms with Crippen LogP contribution in [0.5, 0.6) is 0 Å². The Kier molecular flexibility index (Phi) is 8.95. The molecule has 1 aliphatic heterocycles. The van der Waals surface area contributed by atoms with Gasteiger partial charge in [0, 0.05) is 49.2 Å². The topological polar surface area (TPSA) is 86.5 Å². The van der Waals surface area contributed by atoms with E-state index in [0.29, 0.717) is 23.8 Å². The fourth-order valence-corrected chi connectivity index (χ4v) is 5.66. The van der Waals surface area contributed by atoms with Crippen LogP contribution in [0.15, 0.2) is 48.0 Å². The third kappa shape index (κ3) is 6.31. The smallest absolute Gasteiger partial charge is 0.262 e. The van der Waals surface area contributed by atoms with Crippen molar-refractivity contribution < 1.29 is 14.3 Å². The van der Waals surface area contributed by atoms with E-state index in [-0.39, 0.29) is 17.9 Å². The van der Waals surface area contributed by atoms with Gasteiger partial charge in [-0.3, -0.25) is 14.5 Å². The second-order valence-corrected chi connectivity index (χ2v) is 10.1. The summed E-state index contributed by atoms with van der Waals surface area (Å²) in [5.41, 5.74) is 2.03. The molecule has 8 heteroatoms. The predicted octanol–water partition coefficient (Wildman–Crippen LogP) is 3.82. The molecule has 0 aliphatic carbocycles. The highest BCUT2D eigenvalue weighted by Crippen LogP contribution is 2.21. The summed E-state index contributed by atoms with van der Waals surface area (Å²) < 4.78 is 5.56. The lowest BCUT2D eigenvalue weighted by molar-refractivity contribution is -0.123. The molecule has 3 heterocycles. The van der Waals surface area contributed by atoms with Gasteiger partial charge in [0.25, 0.3) is 5.91 Å². The third-order valence-electron chi connectivity index (χ3n) is 7.06. The minimum atomic E-state index is -0.671. The lowest BCUT2D eigenvalue weighted by Gasteiger charge is -2.39. The van der Waals surface area contributed by atoms with E-state index in [1.54, 1.807) is 6.07 Å². The molecule has 1 fully saturated rings. The third-order valence-corrected chi connectivity index (χ3v) is 7.93. The number of carbonyl (C=O) groups excluding carboxylic acids is 2. The second-order valence-electron chi connectivity index (χ2n) is 9.10. The largest absolute Gasteiger partial charge is 0.379 e. The molecule has 0 saturated carbocycles. The number of aromatic nitrogens is 1. The van der Waals surface area contributed by atoms with Crippen LogP contribution < -0.4 is 10.6 Å². The molecular weight excluding hydrogens is 460 g/mol. The van der Waals surface area contributed by atoms with Crippen molar-refractivity contribution in [1.29, 1.82) is 0 Å². The van der Waals surface area contributed by atoms with E-state index < -0.39 is 6.04 Å². The fraction of sp³-hybridized carbons (Fsp3) is 0.481. The first kappa shape index (κ1) is 25.4. The van der Waals surface area contributed by atoms with E-state index in [2.05, 4.69) is 34.4 Å². The molecule has 3 N–H and O–H groups in total. The maximum atomic E-state index is 13.5. The van der Waals surface area contributed by atoms with Gasteiger partial charge in [0.1, 0.15) is 6.04 Å². The van der Waals surface area contributed by atoms with Gasteiger partial charge in [-0.25, -0.2) is 0 Å². The number of benzene rings is 1. The number of carbonyl (C=O) groups is 2. The van der Waals surface area contributed by atoms with Gasteiger partial charge in [-0.2, -0.15) is 0 Å². The van der Waals surface area contributed by atoms with Gasteiger partial charge in [-0.05, 0) is 29.0 Å². The van der Waals surface area contributed by atoms with Crippen molar-refractivity contribution in [2.45, 2.75) is 45.2 Å². The highest BCUT2D eigenvalue weighted by Gasteiger charge is 2.29. The molecule has 188 valence electrons. The van der Waals surface area contributed by atoms with E-state index in [9.17, 15) is 9.59 Å². The Hall–Kier alpha value is -2.68. The SMILES string of the molecule is CCC(CC)[C@@H](CNC(=O)[C@@H](Cc1c[nH]c2ccccc12)NC(=O)c1cccs1)N1CCOCC1. The number of rotatable bonds is 11. The Morgan fingerprint density at radius 1 is 1.11 bits per heavy atom. The molecule has 1 saturated heterocycles. The molecule has 0 unspecified atom stereocenters. The van der Waals surface area contributed by atoms with Crippen LogP contribution in [-0.2, 0) is 16.0 Å². The van der Waals surface area contributed by atoms with Crippen LogP contribution in [0.25, 0.3) is 10.9 Å². The molecule has 1 aromatic carbocycles. The van der Waals surface area contributed by atoms with E-state index >= 15 is 0 Å². The summed E-state index contributed by atoms with van der Waals surface area (Å²) in [5.74, 6) is 0.121. The summed E-state index contributed by atoms with van der Waals surface area (Å²) >= 11 is 1.37. The zero-order valence-electron chi connectivity index (χ0n) is 20.6. The minimum Gasteiger partial charge on any atom is -0.379 e. The Bertz CT molecular complexity index is 1090. The van der Waals surface area contributed by atoms with E-state index in [1.165, 1.54) is 11.3 Å². The van der Waals surface area contributed by atoms with Crippen molar-refractivity contribution in [2.75, 3.05) is 32.8 Å². The number of hydrogen-bond acceptors (Lipinski definition) is 5. The first-order chi connectivity index (χ1) is 17.1. The maximum Gasteiger partial charge on any atom is 0.262 e. The number of thiophene rings is 1. The zero-order valence-corrected chi connectivity index (χ0v) is 21.4. The zero-order chi connectivity index (χ0) is 24.6. The predicted molar refractivity (Wildman–Crippen MR) is 141 cm³/mol. The molecular formula is C27H36N4O3S. The number of hydrogen-bond donors (Lipinski definition) is 3.